The second kappa shape index (κ2) is 10.2. The van der Waals surface area contributed by atoms with Gasteiger partial charge in [0.2, 0.25) is 6.79 Å². The summed E-state index contributed by atoms with van der Waals surface area (Å²) in [5.74, 6) is 2.03. The summed E-state index contributed by atoms with van der Waals surface area (Å²) in [4.78, 5) is 30.2. The van der Waals surface area contributed by atoms with E-state index < -0.39 is 5.97 Å². The normalized spacial score (nSPS) is 13.4. The lowest BCUT2D eigenvalue weighted by molar-refractivity contribution is -0.144. The van der Waals surface area contributed by atoms with Crippen LogP contribution in [0, 0.1) is 0 Å². The van der Waals surface area contributed by atoms with Gasteiger partial charge in [-0.25, -0.2) is 4.68 Å². The Morgan fingerprint density at radius 2 is 2.06 bits per heavy atom. The quantitative estimate of drug-likeness (QED) is 0.327. The van der Waals surface area contributed by atoms with Crippen molar-refractivity contribution in [3.8, 4) is 11.5 Å². The SMILES string of the molecule is CCOC(=O)Cn1nnnc1[C@@H](CC)N(Cc1ccco1)Cc1cc2cc3c(cc2[nH]c1=O)OCO3. The minimum absolute atomic E-state index is 0.106. The molecule has 0 spiro atoms. The zero-order chi connectivity index (χ0) is 25.1. The van der Waals surface area contributed by atoms with Crippen LogP contribution in [0.5, 0.6) is 11.5 Å². The number of carbonyl (C=O) groups is 1. The number of nitrogens with one attached hydrogen (secondary N) is 1. The lowest BCUT2D eigenvalue weighted by Crippen LogP contribution is -2.32. The molecule has 3 aromatic heterocycles. The number of aromatic nitrogens is 5. The van der Waals surface area contributed by atoms with Crippen LogP contribution in [0.1, 0.15) is 43.5 Å². The average Bonchev–Trinajstić information content (AvgIpc) is 3.62. The van der Waals surface area contributed by atoms with Crippen molar-refractivity contribution < 1.29 is 23.4 Å². The maximum atomic E-state index is 13.1. The molecular formula is C24H26N6O6. The van der Waals surface area contributed by atoms with Gasteiger partial charge in [0.25, 0.3) is 5.56 Å². The van der Waals surface area contributed by atoms with E-state index in [2.05, 4.69) is 25.4 Å². The Morgan fingerprint density at radius 3 is 2.81 bits per heavy atom. The highest BCUT2D eigenvalue weighted by molar-refractivity contribution is 5.83. The molecule has 1 N–H and O–H groups in total. The van der Waals surface area contributed by atoms with Crippen LogP contribution in [-0.2, 0) is 29.2 Å². The number of ether oxygens (including phenoxy) is 3. The third kappa shape index (κ3) is 4.80. The highest BCUT2D eigenvalue weighted by atomic mass is 16.7. The third-order valence-corrected chi connectivity index (χ3v) is 6.00. The molecule has 5 rings (SSSR count). The van der Waals surface area contributed by atoms with Crippen LogP contribution in [0.4, 0.5) is 0 Å². The second-order valence-electron chi connectivity index (χ2n) is 8.32. The van der Waals surface area contributed by atoms with Crippen molar-refractivity contribution in [1.29, 1.82) is 0 Å². The van der Waals surface area contributed by atoms with E-state index in [4.69, 9.17) is 18.6 Å². The molecule has 12 heteroatoms. The van der Waals surface area contributed by atoms with Crippen LogP contribution >= 0.6 is 0 Å². The number of hydrogen-bond acceptors (Lipinski definition) is 10. The Bertz CT molecular complexity index is 1410. The highest BCUT2D eigenvalue weighted by Gasteiger charge is 2.27. The molecule has 4 heterocycles. The lowest BCUT2D eigenvalue weighted by Gasteiger charge is -2.29. The molecule has 0 saturated heterocycles. The maximum Gasteiger partial charge on any atom is 0.327 e. The van der Waals surface area contributed by atoms with E-state index in [9.17, 15) is 9.59 Å². The predicted octanol–water partition coefficient (Wildman–Crippen LogP) is 2.55. The van der Waals surface area contributed by atoms with Crippen molar-refractivity contribution in [2.45, 2.75) is 45.9 Å². The summed E-state index contributed by atoms with van der Waals surface area (Å²) in [6, 6.07) is 8.83. The minimum atomic E-state index is -0.428. The van der Waals surface area contributed by atoms with E-state index in [1.54, 1.807) is 19.3 Å². The van der Waals surface area contributed by atoms with Gasteiger partial charge in [-0.3, -0.25) is 14.5 Å². The van der Waals surface area contributed by atoms with Gasteiger partial charge in [-0.05, 0) is 48.0 Å². The zero-order valence-electron chi connectivity index (χ0n) is 20.0. The first kappa shape index (κ1) is 23.5. The van der Waals surface area contributed by atoms with Crippen LogP contribution < -0.4 is 15.0 Å². The first-order chi connectivity index (χ1) is 17.6. The zero-order valence-corrected chi connectivity index (χ0v) is 20.0. The monoisotopic (exact) mass is 494 g/mol. The maximum absolute atomic E-state index is 13.1. The Labute approximate surface area is 205 Å². The molecule has 1 aliphatic heterocycles. The van der Waals surface area contributed by atoms with Gasteiger partial charge in [-0.1, -0.05) is 6.92 Å². The van der Waals surface area contributed by atoms with Gasteiger partial charge in [0, 0.05) is 23.6 Å². The molecular weight excluding hydrogens is 468 g/mol. The van der Waals surface area contributed by atoms with Crippen LogP contribution in [0.15, 0.2) is 45.8 Å². The summed E-state index contributed by atoms with van der Waals surface area (Å²) in [5, 5.41) is 12.8. The van der Waals surface area contributed by atoms with E-state index in [1.165, 1.54) is 4.68 Å². The summed E-state index contributed by atoms with van der Waals surface area (Å²) >= 11 is 0. The van der Waals surface area contributed by atoms with Crippen molar-refractivity contribution in [3.05, 3.63) is 64.1 Å². The number of fused-ring (bicyclic) bond motifs is 2. The van der Waals surface area contributed by atoms with Gasteiger partial charge in [0.1, 0.15) is 12.3 Å². The second-order valence-corrected chi connectivity index (χ2v) is 8.32. The molecule has 188 valence electrons. The molecule has 1 aliphatic rings. The molecule has 4 aromatic rings. The van der Waals surface area contributed by atoms with Gasteiger partial charge in [-0.2, -0.15) is 0 Å². The van der Waals surface area contributed by atoms with Crippen LogP contribution in [0.2, 0.25) is 0 Å². The molecule has 0 radical (unpaired) electrons. The third-order valence-electron chi connectivity index (χ3n) is 6.00. The number of nitrogens with zero attached hydrogens (tertiary/aromatic N) is 5. The predicted molar refractivity (Wildman–Crippen MR) is 126 cm³/mol. The number of rotatable bonds is 10. The molecule has 0 saturated carbocycles. The smallest absolute Gasteiger partial charge is 0.327 e. The molecule has 1 aromatic carbocycles. The van der Waals surface area contributed by atoms with Crippen molar-refractivity contribution in [3.63, 3.8) is 0 Å². The van der Waals surface area contributed by atoms with Crippen molar-refractivity contribution in [2.75, 3.05) is 13.4 Å². The number of benzene rings is 1. The van der Waals surface area contributed by atoms with Gasteiger partial charge >= 0.3 is 5.97 Å². The van der Waals surface area contributed by atoms with Gasteiger partial charge in [0.05, 0.1) is 31.0 Å². The van der Waals surface area contributed by atoms with Gasteiger partial charge < -0.3 is 23.6 Å². The van der Waals surface area contributed by atoms with Crippen molar-refractivity contribution in [1.82, 2.24) is 30.1 Å². The number of esters is 1. The number of hydrogen-bond donors (Lipinski definition) is 1. The van der Waals surface area contributed by atoms with Crippen molar-refractivity contribution >= 4 is 16.9 Å². The number of carbonyl (C=O) groups excluding carboxylic acids is 1. The van der Waals surface area contributed by atoms with E-state index in [0.29, 0.717) is 41.4 Å². The molecule has 0 aliphatic carbocycles. The Balaban J connectivity index is 1.49. The number of furan rings is 1. The number of pyridine rings is 1. The van der Waals surface area contributed by atoms with E-state index in [1.807, 2.05) is 31.2 Å². The fraction of sp³-hybridized carbons (Fsp3) is 0.375. The minimum Gasteiger partial charge on any atom is -0.468 e. The molecule has 1 atom stereocenters. The number of H-pyrrole nitrogens is 1. The first-order valence-electron chi connectivity index (χ1n) is 11.7. The average molecular weight is 495 g/mol. The molecule has 0 unspecified atom stereocenters. The summed E-state index contributed by atoms with van der Waals surface area (Å²) in [6.45, 7) is 4.73. The van der Waals surface area contributed by atoms with E-state index >= 15 is 0 Å². The van der Waals surface area contributed by atoms with Gasteiger partial charge in [0.15, 0.2) is 17.3 Å². The van der Waals surface area contributed by atoms with Gasteiger partial charge in [-0.15, -0.1) is 5.10 Å². The summed E-state index contributed by atoms with van der Waals surface area (Å²) in [7, 11) is 0. The molecule has 0 fully saturated rings. The first-order valence-corrected chi connectivity index (χ1v) is 11.7. The summed E-state index contributed by atoms with van der Waals surface area (Å²) < 4.78 is 23.0. The highest BCUT2D eigenvalue weighted by Crippen LogP contribution is 2.35. The Kier molecular flexibility index (Phi) is 6.67. The summed E-state index contributed by atoms with van der Waals surface area (Å²) in [5.41, 5.74) is 0.999. The lowest BCUT2D eigenvalue weighted by atomic mass is 10.1. The number of aromatic amines is 1. The van der Waals surface area contributed by atoms with Crippen LogP contribution in [0.25, 0.3) is 10.9 Å². The van der Waals surface area contributed by atoms with E-state index in [0.717, 1.165) is 11.1 Å². The largest absolute Gasteiger partial charge is 0.468 e. The fourth-order valence-electron chi connectivity index (χ4n) is 4.35. The number of tetrazole rings is 1. The van der Waals surface area contributed by atoms with Crippen LogP contribution in [-0.4, -0.2) is 49.5 Å². The van der Waals surface area contributed by atoms with E-state index in [-0.39, 0.29) is 38.1 Å². The van der Waals surface area contributed by atoms with Crippen molar-refractivity contribution in [2.24, 2.45) is 0 Å². The van der Waals surface area contributed by atoms with Crippen LogP contribution in [0.3, 0.4) is 0 Å². The molecule has 0 bridgehead atoms. The topological polar surface area (TPSA) is 138 Å². The molecule has 0 amide bonds. The molecule has 12 nitrogen and oxygen atoms in total. The fourth-order valence-corrected chi connectivity index (χ4v) is 4.35. The molecule has 36 heavy (non-hydrogen) atoms. The Morgan fingerprint density at radius 1 is 1.22 bits per heavy atom. The Hall–Kier alpha value is -4.19. The summed E-state index contributed by atoms with van der Waals surface area (Å²) in [6.07, 6.45) is 2.22. The standard InChI is InChI=1S/C24H26N6O6/c1-3-19(23-26-27-28-30(23)13-22(31)33-4-2)29(12-17-6-5-7-34-17)11-16-8-15-9-20-21(36-14-35-20)10-18(15)25-24(16)32/h5-10,19H,3-4,11-14H2,1-2H3,(H,25,32)/t19-/m1/s1.